The number of allylic oxidation sites excluding steroid dienone is 1. The molecule has 0 aliphatic carbocycles. The molecule has 1 aromatic carbocycles. The molecule has 0 spiro atoms. The van der Waals surface area contributed by atoms with E-state index in [2.05, 4.69) is 25.7 Å². The van der Waals surface area contributed by atoms with Gasteiger partial charge in [-0.25, -0.2) is 0 Å². The van der Waals surface area contributed by atoms with E-state index in [0.29, 0.717) is 18.3 Å². The second kappa shape index (κ2) is 6.30. The molecule has 94 valence electrons. The molecule has 0 atom stereocenters. The van der Waals surface area contributed by atoms with Gasteiger partial charge in [0.25, 0.3) is 0 Å². The molecule has 0 heterocycles. The van der Waals surface area contributed by atoms with E-state index in [9.17, 15) is 5.11 Å². The van der Waals surface area contributed by atoms with Crippen molar-refractivity contribution < 1.29 is 9.84 Å². The van der Waals surface area contributed by atoms with Crippen molar-refractivity contribution >= 4 is 0 Å². The van der Waals surface area contributed by atoms with Gasteiger partial charge in [-0.3, -0.25) is 0 Å². The maximum Gasteiger partial charge on any atom is 0.162 e. The summed E-state index contributed by atoms with van der Waals surface area (Å²) in [5, 5.41) is 13.3. The lowest BCUT2D eigenvalue weighted by Gasteiger charge is -2.13. The molecule has 0 saturated carbocycles. The molecular weight excluding hydrogens is 214 g/mol. The first-order valence-corrected chi connectivity index (χ1v) is 5.81. The Balaban J connectivity index is 2.99. The van der Waals surface area contributed by atoms with Gasteiger partial charge in [0.2, 0.25) is 0 Å². The largest absolute Gasteiger partial charge is 0.504 e. The van der Waals surface area contributed by atoms with Gasteiger partial charge in [-0.05, 0) is 18.1 Å². The van der Waals surface area contributed by atoms with Crippen LogP contribution in [0.5, 0.6) is 11.5 Å². The molecule has 0 aliphatic heterocycles. The maximum atomic E-state index is 10.0. The highest BCUT2D eigenvalue weighted by Crippen LogP contribution is 2.31. The molecule has 0 aliphatic rings. The van der Waals surface area contributed by atoms with Crippen molar-refractivity contribution in [3.63, 3.8) is 0 Å². The Kier molecular flexibility index (Phi) is 5.04. The van der Waals surface area contributed by atoms with Gasteiger partial charge >= 0.3 is 0 Å². The zero-order valence-corrected chi connectivity index (χ0v) is 10.8. The molecule has 2 N–H and O–H groups in total. The van der Waals surface area contributed by atoms with Crippen LogP contribution in [-0.2, 0) is 13.0 Å². The van der Waals surface area contributed by atoms with Crippen LogP contribution in [0.3, 0.4) is 0 Å². The van der Waals surface area contributed by atoms with Gasteiger partial charge in [0.15, 0.2) is 11.5 Å². The second-order valence-electron chi connectivity index (χ2n) is 4.33. The fourth-order valence-corrected chi connectivity index (χ4v) is 1.62. The standard InChI is InChI=1S/C14H21NO2/c1-5-6-11-7-12(9-15-10(2)3)14(16)13(8-11)17-4/h5,7-8,10,15-16H,1,6,9H2,2-4H3. The number of nitrogens with one attached hydrogen (secondary N) is 1. The van der Waals surface area contributed by atoms with E-state index in [4.69, 9.17) is 4.74 Å². The highest BCUT2D eigenvalue weighted by molar-refractivity contribution is 5.48. The molecule has 17 heavy (non-hydrogen) atoms. The van der Waals surface area contributed by atoms with Gasteiger partial charge in [0.05, 0.1) is 7.11 Å². The molecule has 0 saturated heterocycles. The Bertz CT molecular complexity index is 386. The third-order valence-corrected chi connectivity index (χ3v) is 2.51. The Morgan fingerprint density at radius 1 is 1.47 bits per heavy atom. The summed E-state index contributed by atoms with van der Waals surface area (Å²) in [5.74, 6) is 0.735. The lowest BCUT2D eigenvalue weighted by Crippen LogP contribution is -2.22. The number of phenolic OH excluding ortho intramolecular Hbond substituents is 1. The fourth-order valence-electron chi connectivity index (χ4n) is 1.62. The van der Waals surface area contributed by atoms with E-state index >= 15 is 0 Å². The molecular formula is C14H21NO2. The van der Waals surface area contributed by atoms with E-state index in [1.807, 2.05) is 18.2 Å². The summed E-state index contributed by atoms with van der Waals surface area (Å²) in [6.07, 6.45) is 2.61. The van der Waals surface area contributed by atoms with Gasteiger partial charge in [-0.15, -0.1) is 6.58 Å². The first-order valence-electron chi connectivity index (χ1n) is 5.81. The van der Waals surface area contributed by atoms with Gasteiger partial charge in [0, 0.05) is 18.2 Å². The van der Waals surface area contributed by atoms with Crippen molar-refractivity contribution in [1.29, 1.82) is 0 Å². The predicted octanol–water partition coefficient (Wildman–Crippen LogP) is 2.63. The molecule has 0 amide bonds. The highest BCUT2D eigenvalue weighted by atomic mass is 16.5. The van der Waals surface area contributed by atoms with Crippen LogP contribution in [0.25, 0.3) is 0 Å². The van der Waals surface area contributed by atoms with Gasteiger partial charge in [-0.1, -0.05) is 26.0 Å². The number of phenols is 1. The van der Waals surface area contributed by atoms with Crippen LogP contribution in [0.1, 0.15) is 25.0 Å². The van der Waals surface area contributed by atoms with Gasteiger partial charge < -0.3 is 15.2 Å². The number of hydrogen-bond donors (Lipinski definition) is 2. The summed E-state index contributed by atoms with van der Waals surface area (Å²) < 4.78 is 5.17. The normalized spacial score (nSPS) is 10.6. The number of benzene rings is 1. The average Bonchev–Trinajstić information content (AvgIpc) is 2.29. The Labute approximate surface area is 103 Å². The first-order chi connectivity index (χ1) is 8.08. The van der Waals surface area contributed by atoms with Crippen molar-refractivity contribution in [2.45, 2.75) is 32.9 Å². The quantitative estimate of drug-likeness (QED) is 0.745. The first kappa shape index (κ1) is 13.6. The van der Waals surface area contributed by atoms with Crippen molar-refractivity contribution in [2.24, 2.45) is 0 Å². The summed E-state index contributed by atoms with van der Waals surface area (Å²) in [6, 6.07) is 4.20. The molecule has 0 bridgehead atoms. The van der Waals surface area contributed by atoms with Gasteiger partial charge in [0.1, 0.15) is 0 Å². The van der Waals surface area contributed by atoms with Crippen LogP contribution in [0.15, 0.2) is 24.8 Å². The number of methoxy groups -OCH3 is 1. The van der Waals surface area contributed by atoms with E-state index in [1.165, 1.54) is 0 Å². The second-order valence-corrected chi connectivity index (χ2v) is 4.33. The third-order valence-electron chi connectivity index (χ3n) is 2.51. The number of aromatic hydroxyl groups is 1. The summed E-state index contributed by atoms with van der Waals surface area (Å²) >= 11 is 0. The van der Waals surface area contributed by atoms with Crippen molar-refractivity contribution in [1.82, 2.24) is 5.32 Å². The summed E-state index contributed by atoms with van der Waals surface area (Å²) in [7, 11) is 1.56. The molecule has 0 radical (unpaired) electrons. The molecule has 3 heteroatoms. The van der Waals surface area contributed by atoms with E-state index in [1.54, 1.807) is 7.11 Å². The van der Waals surface area contributed by atoms with Crippen LogP contribution in [-0.4, -0.2) is 18.3 Å². The van der Waals surface area contributed by atoms with Crippen LogP contribution >= 0.6 is 0 Å². The zero-order valence-electron chi connectivity index (χ0n) is 10.8. The van der Waals surface area contributed by atoms with E-state index in [-0.39, 0.29) is 5.75 Å². The topological polar surface area (TPSA) is 41.5 Å². The summed E-state index contributed by atoms with van der Waals surface area (Å²) in [4.78, 5) is 0. The van der Waals surface area contributed by atoms with Crippen molar-refractivity contribution in [3.8, 4) is 11.5 Å². The smallest absolute Gasteiger partial charge is 0.162 e. The molecule has 1 aromatic rings. The maximum absolute atomic E-state index is 10.0. The summed E-state index contributed by atoms with van der Waals surface area (Å²) in [6.45, 7) is 8.49. The minimum atomic E-state index is 0.216. The molecule has 3 nitrogen and oxygen atoms in total. The minimum absolute atomic E-state index is 0.216. The van der Waals surface area contributed by atoms with Crippen LogP contribution < -0.4 is 10.1 Å². The fraction of sp³-hybridized carbons (Fsp3) is 0.429. The molecule has 1 rings (SSSR count). The van der Waals surface area contributed by atoms with Crippen LogP contribution in [0.2, 0.25) is 0 Å². The highest BCUT2D eigenvalue weighted by Gasteiger charge is 2.10. The lowest BCUT2D eigenvalue weighted by atomic mass is 10.1. The van der Waals surface area contributed by atoms with Crippen molar-refractivity contribution in [3.05, 3.63) is 35.9 Å². The van der Waals surface area contributed by atoms with E-state index < -0.39 is 0 Å². The molecule has 0 aromatic heterocycles. The van der Waals surface area contributed by atoms with E-state index in [0.717, 1.165) is 17.5 Å². The Hall–Kier alpha value is -1.48. The number of ether oxygens (including phenoxy) is 1. The monoisotopic (exact) mass is 235 g/mol. The SMILES string of the molecule is C=CCc1cc(CNC(C)C)c(O)c(OC)c1. The summed E-state index contributed by atoms with van der Waals surface area (Å²) in [5.41, 5.74) is 1.95. The third kappa shape index (κ3) is 3.79. The minimum Gasteiger partial charge on any atom is -0.504 e. The lowest BCUT2D eigenvalue weighted by molar-refractivity contribution is 0.368. The molecule has 0 fully saturated rings. The molecule has 0 unspecified atom stereocenters. The number of rotatable bonds is 6. The zero-order chi connectivity index (χ0) is 12.8. The Morgan fingerprint density at radius 3 is 2.71 bits per heavy atom. The van der Waals surface area contributed by atoms with Crippen molar-refractivity contribution in [2.75, 3.05) is 7.11 Å². The van der Waals surface area contributed by atoms with Crippen LogP contribution in [0, 0.1) is 0 Å². The van der Waals surface area contributed by atoms with Gasteiger partial charge in [-0.2, -0.15) is 0 Å². The number of hydrogen-bond acceptors (Lipinski definition) is 3. The Morgan fingerprint density at radius 2 is 2.18 bits per heavy atom. The average molecular weight is 235 g/mol. The van der Waals surface area contributed by atoms with Crippen LogP contribution in [0.4, 0.5) is 0 Å². The predicted molar refractivity (Wildman–Crippen MR) is 70.5 cm³/mol.